The molecule has 0 atom stereocenters. The average molecular weight is 281 g/mol. The maximum Gasteiger partial charge on any atom is 0.182 e. The molecule has 2 aromatic rings. The van der Waals surface area contributed by atoms with E-state index in [1.807, 2.05) is 12.1 Å². The van der Waals surface area contributed by atoms with Crippen molar-refractivity contribution in [2.75, 3.05) is 29.5 Å². The second-order valence-electron chi connectivity index (χ2n) is 5.42. The van der Waals surface area contributed by atoms with E-state index in [9.17, 15) is 4.79 Å². The SMILES string of the molecule is Nc1ccc(C(=O)CN2CCCc3ccccc32)cc1N. The van der Waals surface area contributed by atoms with Crippen LogP contribution in [0.1, 0.15) is 22.3 Å². The molecule has 0 saturated carbocycles. The molecule has 21 heavy (non-hydrogen) atoms. The van der Waals surface area contributed by atoms with E-state index in [2.05, 4.69) is 17.0 Å². The molecule has 4 N–H and O–H groups in total. The third-order valence-electron chi connectivity index (χ3n) is 3.95. The van der Waals surface area contributed by atoms with Crippen molar-refractivity contribution in [1.29, 1.82) is 0 Å². The Kier molecular flexibility index (Phi) is 3.52. The van der Waals surface area contributed by atoms with Crippen LogP contribution in [-0.4, -0.2) is 18.9 Å². The van der Waals surface area contributed by atoms with Crippen LogP contribution in [-0.2, 0) is 6.42 Å². The van der Waals surface area contributed by atoms with Crippen molar-refractivity contribution in [2.45, 2.75) is 12.8 Å². The average Bonchev–Trinajstić information content (AvgIpc) is 2.50. The highest BCUT2D eigenvalue weighted by molar-refractivity contribution is 6.00. The van der Waals surface area contributed by atoms with Gasteiger partial charge in [-0.15, -0.1) is 0 Å². The van der Waals surface area contributed by atoms with E-state index in [0.717, 1.165) is 19.4 Å². The summed E-state index contributed by atoms with van der Waals surface area (Å²) in [5, 5.41) is 0. The monoisotopic (exact) mass is 281 g/mol. The lowest BCUT2D eigenvalue weighted by atomic mass is 10.0. The Hall–Kier alpha value is -2.49. The Balaban J connectivity index is 1.81. The number of carbonyl (C=O) groups is 1. The van der Waals surface area contributed by atoms with E-state index in [-0.39, 0.29) is 5.78 Å². The highest BCUT2D eigenvalue weighted by atomic mass is 16.1. The molecule has 0 radical (unpaired) electrons. The smallest absolute Gasteiger partial charge is 0.182 e. The highest BCUT2D eigenvalue weighted by Gasteiger charge is 2.19. The molecule has 0 bridgehead atoms. The molecule has 3 rings (SSSR count). The van der Waals surface area contributed by atoms with Crippen LogP contribution in [0.4, 0.5) is 17.1 Å². The van der Waals surface area contributed by atoms with Gasteiger partial charge < -0.3 is 16.4 Å². The number of nitrogen functional groups attached to an aromatic ring is 2. The van der Waals surface area contributed by atoms with Crippen LogP contribution >= 0.6 is 0 Å². The molecule has 4 nitrogen and oxygen atoms in total. The Morgan fingerprint density at radius 3 is 2.71 bits per heavy atom. The number of hydrogen-bond donors (Lipinski definition) is 2. The van der Waals surface area contributed by atoms with Crippen molar-refractivity contribution in [3.63, 3.8) is 0 Å². The molecule has 0 amide bonds. The molecule has 2 aromatic carbocycles. The summed E-state index contributed by atoms with van der Waals surface area (Å²) in [4.78, 5) is 14.6. The van der Waals surface area contributed by atoms with Crippen molar-refractivity contribution in [1.82, 2.24) is 0 Å². The molecule has 0 fully saturated rings. The van der Waals surface area contributed by atoms with Crippen molar-refractivity contribution >= 4 is 22.8 Å². The van der Waals surface area contributed by atoms with Crippen LogP contribution in [0, 0.1) is 0 Å². The third-order valence-corrected chi connectivity index (χ3v) is 3.95. The summed E-state index contributed by atoms with van der Waals surface area (Å²) in [5.74, 6) is 0.0680. The number of para-hydroxylation sites is 1. The molecule has 1 aliphatic rings. The predicted octanol–water partition coefficient (Wildman–Crippen LogP) is 2.49. The molecule has 4 heteroatoms. The lowest BCUT2D eigenvalue weighted by molar-refractivity contribution is 0.0998. The van der Waals surface area contributed by atoms with Crippen molar-refractivity contribution < 1.29 is 4.79 Å². The topological polar surface area (TPSA) is 72.4 Å². The van der Waals surface area contributed by atoms with E-state index in [1.54, 1.807) is 18.2 Å². The Morgan fingerprint density at radius 2 is 1.90 bits per heavy atom. The first-order chi connectivity index (χ1) is 10.1. The molecule has 1 aliphatic heterocycles. The fraction of sp³-hybridized carbons (Fsp3) is 0.235. The van der Waals surface area contributed by atoms with Crippen LogP contribution in [0.3, 0.4) is 0 Å². The zero-order chi connectivity index (χ0) is 14.8. The summed E-state index contributed by atoms with van der Waals surface area (Å²) < 4.78 is 0. The van der Waals surface area contributed by atoms with Gasteiger partial charge in [0, 0.05) is 17.8 Å². The van der Waals surface area contributed by atoms with Gasteiger partial charge in [0.25, 0.3) is 0 Å². The van der Waals surface area contributed by atoms with Gasteiger partial charge >= 0.3 is 0 Å². The molecule has 108 valence electrons. The molecule has 1 heterocycles. The minimum absolute atomic E-state index is 0.0680. The second kappa shape index (κ2) is 5.48. The van der Waals surface area contributed by atoms with Gasteiger partial charge in [0.1, 0.15) is 0 Å². The number of fused-ring (bicyclic) bond motifs is 1. The van der Waals surface area contributed by atoms with E-state index in [4.69, 9.17) is 11.5 Å². The zero-order valence-corrected chi connectivity index (χ0v) is 11.9. The van der Waals surface area contributed by atoms with Crippen molar-refractivity contribution in [3.05, 3.63) is 53.6 Å². The van der Waals surface area contributed by atoms with Gasteiger partial charge in [-0.3, -0.25) is 4.79 Å². The molecular formula is C17H19N3O. The first-order valence-electron chi connectivity index (χ1n) is 7.16. The van der Waals surface area contributed by atoms with Crippen LogP contribution in [0.2, 0.25) is 0 Å². The normalized spacial score (nSPS) is 13.8. The van der Waals surface area contributed by atoms with Gasteiger partial charge in [-0.1, -0.05) is 18.2 Å². The van der Waals surface area contributed by atoms with Gasteiger partial charge in [0.2, 0.25) is 0 Å². The Labute approximate surface area is 124 Å². The van der Waals surface area contributed by atoms with Crippen LogP contribution < -0.4 is 16.4 Å². The number of carbonyl (C=O) groups excluding carboxylic acids is 1. The summed E-state index contributed by atoms with van der Waals surface area (Å²) in [7, 11) is 0. The number of ketones is 1. The summed E-state index contributed by atoms with van der Waals surface area (Å²) in [5.41, 5.74) is 15.5. The molecule has 0 aromatic heterocycles. The van der Waals surface area contributed by atoms with Gasteiger partial charge in [0.05, 0.1) is 17.9 Å². The van der Waals surface area contributed by atoms with Crippen LogP contribution in [0.5, 0.6) is 0 Å². The second-order valence-corrected chi connectivity index (χ2v) is 5.42. The van der Waals surface area contributed by atoms with E-state index in [0.29, 0.717) is 23.5 Å². The molecule has 0 unspecified atom stereocenters. The molecule has 0 spiro atoms. The molecular weight excluding hydrogens is 262 g/mol. The lowest BCUT2D eigenvalue weighted by Gasteiger charge is -2.30. The number of anilines is 3. The highest BCUT2D eigenvalue weighted by Crippen LogP contribution is 2.27. The summed E-state index contributed by atoms with van der Waals surface area (Å²) in [6, 6.07) is 13.4. The Morgan fingerprint density at radius 1 is 1.10 bits per heavy atom. The third kappa shape index (κ3) is 2.70. The lowest BCUT2D eigenvalue weighted by Crippen LogP contribution is -2.34. The van der Waals surface area contributed by atoms with Gasteiger partial charge in [0.15, 0.2) is 5.78 Å². The molecule has 0 aliphatic carbocycles. The van der Waals surface area contributed by atoms with E-state index < -0.39 is 0 Å². The van der Waals surface area contributed by atoms with Crippen LogP contribution in [0.25, 0.3) is 0 Å². The fourth-order valence-electron chi connectivity index (χ4n) is 2.79. The number of nitrogens with zero attached hydrogens (tertiary/aromatic N) is 1. The zero-order valence-electron chi connectivity index (χ0n) is 11.9. The van der Waals surface area contributed by atoms with Gasteiger partial charge in [-0.05, 0) is 42.7 Å². The standard InChI is InChI=1S/C17H19N3O/c18-14-8-7-13(10-15(14)19)17(21)11-20-9-3-5-12-4-1-2-6-16(12)20/h1-2,4,6-8,10H,3,5,9,11,18-19H2. The van der Waals surface area contributed by atoms with Crippen molar-refractivity contribution in [2.24, 2.45) is 0 Å². The number of benzene rings is 2. The number of aryl methyl sites for hydroxylation is 1. The number of nitrogens with two attached hydrogens (primary N) is 2. The maximum atomic E-state index is 12.4. The minimum atomic E-state index is 0.0680. The maximum absolute atomic E-state index is 12.4. The molecule has 0 saturated heterocycles. The fourth-order valence-corrected chi connectivity index (χ4v) is 2.79. The van der Waals surface area contributed by atoms with Crippen molar-refractivity contribution in [3.8, 4) is 0 Å². The van der Waals surface area contributed by atoms with E-state index >= 15 is 0 Å². The largest absolute Gasteiger partial charge is 0.397 e. The first-order valence-corrected chi connectivity index (χ1v) is 7.16. The Bertz CT molecular complexity index is 681. The van der Waals surface area contributed by atoms with Gasteiger partial charge in [-0.2, -0.15) is 0 Å². The summed E-state index contributed by atoms with van der Waals surface area (Å²) in [6.45, 7) is 1.29. The number of rotatable bonds is 3. The van der Waals surface area contributed by atoms with E-state index in [1.165, 1.54) is 11.3 Å². The predicted molar refractivity (Wildman–Crippen MR) is 86.6 cm³/mol. The first kappa shape index (κ1) is 13.5. The number of Topliss-reactive ketones (excluding diaryl/α,β-unsaturated/α-hetero) is 1. The number of hydrogen-bond acceptors (Lipinski definition) is 4. The minimum Gasteiger partial charge on any atom is -0.397 e. The van der Waals surface area contributed by atoms with Crippen LogP contribution in [0.15, 0.2) is 42.5 Å². The van der Waals surface area contributed by atoms with Gasteiger partial charge in [-0.25, -0.2) is 0 Å². The summed E-state index contributed by atoms with van der Waals surface area (Å²) >= 11 is 0. The summed E-state index contributed by atoms with van der Waals surface area (Å²) in [6.07, 6.45) is 2.16. The quantitative estimate of drug-likeness (QED) is 0.669.